The molecule has 0 atom stereocenters. The van der Waals surface area contributed by atoms with Crippen LogP contribution in [0.3, 0.4) is 0 Å². The summed E-state index contributed by atoms with van der Waals surface area (Å²) in [5, 5.41) is 0. The average molecular weight is 214 g/mol. The first-order valence-corrected chi connectivity index (χ1v) is 4.15. The van der Waals surface area contributed by atoms with Crippen molar-refractivity contribution in [3.05, 3.63) is 54.6 Å². The number of aromatic nitrogens is 2. The van der Waals surface area contributed by atoms with Crippen LogP contribution in [-0.2, 0) is 6.18 Å². The Kier molecular flexibility index (Phi) is 3.91. The van der Waals surface area contributed by atoms with E-state index in [1.54, 1.807) is 12.4 Å². The molecule has 80 valence electrons. The highest BCUT2D eigenvalue weighted by molar-refractivity contribution is 5.11. The Hall–Kier alpha value is -1.78. The highest BCUT2D eigenvalue weighted by atomic mass is 19.4. The van der Waals surface area contributed by atoms with Crippen LogP contribution in [0.1, 0.15) is 5.56 Å². The summed E-state index contributed by atoms with van der Waals surface area (Å²) in [4.78, 5) is 6.10. The Bertz CT molecular complexity index is 327. The summed E-state index contributed by atoms with van der Waals surface area (Å²) in [5.74, 6) is 0. The van der Waals surface area contributed by atoms with Crippen molar-refractivity contribution in [3.8, 4) is 0 Å². The van der Waals surface area contributed by atoms with Crippen molar-refractivity contribution in [2.24, 2.45) is 0 Å². The number of H-pyrrole nitrogens is 1. The first kappa shape index (κ1) is 11.3. The molecule has 1 N–H and O–H groups in total. The van der Waals surface area contributed by atoms with Crippen molar-refractivity contribution in [2.45, 2.75) is 6.18 Å². The van der Waals surface area contributed by atoms with Gasteiger partial charge in [-0.25, -0.2) is 0 Å². The van der Waals surface area contributed by atoms with Gasteiger partial charge in [0.15, 0.2) is 0 Å². The van der Waals surface area contributed by atoms with E-state index in [1.165, 1.54) is 6.20 Å². The van der Waals surface area contributed by atoms with Gasteiger partial charge in [0.1, 0.15) is 0 Å². The minimum absolute atomic E-state index is 0.637. The van der Waals surface area contributed by atoms with Crippen molar-refractivity contribution in [2.75, 3.05) is 0 Å². The molecule has 0 spiro atoms. The van der Waals surface area contributed by atoms with Gasteiger partial charge >= 0.3 is 6.18 Å². The smallest absolute Gasteiger partial charge is 0.367 e. The predicted octanol–water partition coefficient (Wildman–Crippen LogP) is 3.12. The predicted molar refractivity (Wildman–Crippen MR) is 50.0 cm³/mol. The van der Waals surface area contributed by atoms with Gasteiger partial charge in [0.05, 0.1) is 5.56 Å². The molecule has 0 unspecified atom stereocenters. The molecule has 0 saturated carbocycles. The Balaban J connectivity index is 0.000000162. The van der Waals surface area contributed by atoms with Crippen LogP contribution < -0.4 is 0 Å². The molecule has 0 fully saturated rings. The zero-order chi connectivity index (χ0) is 11.1. The van der Waals surface area contributed by atoms with E-state index in [0.29, 0.717) is 0 Å². The minimum Gasteiger partial charge on any atom is -0.367 e. The summed E-state index contributed by atoms with van der Waals surface area (Å²) in [5.41, 5.74) is -0.637. The average Bonchev–Trinajstić information content (AvgIpc) is 2.73. The maximum Gasteiger partial charge on any atom is 0.417 e. The molecule has 15 heavy (non-hydrogen) atoms. The fourth-order valence-corrected chi connectivity index (χ4v) is 0.813. The summed E-state index contributed by atoms with van der Waals surface area (Å²) < 4.78 is 34.8. The number of hydrogen-bond donors (Lipinski definition) is 1. The van der Waals surface area contributed by atoms with Crippen LogP contribution in [0, 0.1) is 0 Å². The second kappa shape index (κ2) is 5.19. The van der Waals surface area contributed by atoms with Crippen molar-refractivity contribution in [1.29, 1.82) is 0 Å². The zero-order valence-corrected chi connectivity index (χ0v) is 7.70. The van der Waals surface area contributed by atoms with Crippen LogP contribution in [0.25, 0.3) is 0 Å². The molecule has 2 heterocycles. The highest BCUT2D eigenvalue weighted by Crippen LogP contribution is 2.28. The number of halogens is 3. The second-order valence-electron chi connectivity index (χ2n) is 2.62. The molecule has 0 aliphatic rings. The monoisotopic (exact) mass is 214 g/mol. The number of hydrogen-bond acceptors (Lipinski definition) is 1. The minimum atomic E-state index is -4.21. The van der Waals surface area contributed by atoms with Gasteiger partial charge in [0.2, 0.25) is 0 Å². The van der Waals surface area contributed by atoms with Crippen LogP contribution >= 0.6 is 0 Å². The van der Waals surface area contributed by atoms with Gasteiger partial charge in [-0.3, -0.25) is 4.98 Å². The van der Waals surface area contributed by atoms with Gasteiger partial charge < -0.3 is 4.98 Å². The summed E-state index contributed by atoms with van der Waals surface area (Å²) in [6.07, 6.45) is 1.45. The van der Waals surface area contributed by atoms with Gasteiger partial charge in [-0.05, 0) is 18.2 Å². The molecule has 5 heteroatoms. The molecule has 0 aliphatic heterocycles. The van der Waals surface area contributed by atoms with E-state index < -0.39 is 11.7 Å². The maximum atomic E-state index is 11.6. The van der Waals surface area contributed by atoms with E-state index in [4.69, 9.17) is 0 Å². The summed E-state index contributed by atoms with van der Waals surface area (Å²) in [6.45, 7) is 0. The van der Waals surface area contributed by atoms with Crippen LogP contribution in [0.15, 0.2) is 49.1 Å². The van der Waals surface area contributed by atoms with Gasteiger partial charge in [-0.1, -0.05) is 6.07 Å². The number of nitrogens with one attached hydrogen (secondary N) is 1. The summed E-state index contributed by atoms with van der Waals surface area (Å²) >= 11 is 0. The van der Waals surface area contributed by atoms with E-state index in [-0.39, 0.29) is 0 Å². The summed E-state index contributed by atoms with van der Waals surface area (Å²) in [7, 11) is 0. The highest BCUT2D eigenvalue weighted by Gasteiger charge is 2.30. The quantitative estimate of drug-likeness (QED) is 0.717. The lowest BCUT2D eigenvalue weighted by atomic mass is 10.3. The van der Waals surface area contributed by atoms with Crippen LogP contribution in [0.2, 0.25) is 0 Å². The van der Waals surface area contributed by atoms with Crippen LogP contribution in [-0.4, -0.2) is 9.97 Å². The van der Waals surface area contributed by atoms with E-state index >= 15 is 0 Å². The fourth-order valence-electron chi connectivity index (χ4n) is 0.813. The molecule has 0 radical (unpaired) electrons. The van der Waals surface area contributed by atoms with Gasteiger partial charge in [0.25, 0.3) is 0 Å². The maximum absolute atomic E-state index is 11.6. The SMILES string of the molecule is FC(F)(F)c1cc[nH]c1.c1ccncc1. The lowest BCUT2D eigenvalue weighted by Crippen LogP contribution is -2.01. The molecule has 0 bridgehead atoms. The Labute approximate surface area is 84.8 Å². The van der Waals surface area contributed by atoms with Crippen LogP contribution in [0.4, 0.5) is 13.2 Å². The van der Waals surface area contributed by atoms with Crippen LogP contribution in [0.5, 0.6) is 0 Å². The topological polar surface area (TPSA) is 28.7 Å². The number of aromatic amines is 1. The molecule has 2 aromatic rings. The molecule has 0 amide bonds. The van der Waals surface area contributed by atoms with Gasteiger partial charge in [-0.2, -0.15) is 13.2 Å². The zero-order valence-electron chi connectivity index (χ0n) is 7.70. The van der Waals surface area contributed by atoms with Crippen molar-refractivity contribution in [3.63, 3.8) is 0 Å². The third kappa shape index (κ3) is 4.30. The summed E-state index contributed by atoms with van der Waals surface area (Å²) in [6, 6.07) is 6.70. The second-order valence-corrected chi connectivity index (χ2v) is 2.62. The Morgan fingerprint density at radius 1 is 1.07 bits per heavy atom. The molecule has 0 aromatic carbocycles. The first-order chi connectivity index (χ1) is 7.11. The third-order valence-electron chi connectivity index (χ3n) is 1.49. The molecule has 2 aromatic heterocycles. The third-order valence-corrected chi connectivity index (χ3v) is 1.49. The Morgan fingerprint density at radius 3 is 1.93 bits per heavy atom. The normalized spacial score (nSPS) is 10.3. The van der Waals surface area contributed by atoms with Crippen molar-refractivity contribution in [1.82, 2.24) is 9.97 Å². The van der Waals surface area contributed by atoms with E-state index in [9.17, 15) is 13.2 Å². The first-order valence-electron chi connectivity index (χ1n) is 4.15. The molecule has 2 rings (SSSR count). The van der Waals surface area contributed by atoms with Crippen molar-refractivity contribution >= 4 is 0 Å². The fraction of sp³-hybridized carbons (Fsp3) is 0.100. The molecular formula is C10H9F3N2. The molecule has 0 aliphatic carbocycles. The standard InChI is InChI=1S/C5H4F3N.C5H5N/c6-5(7,8)4-1-2-9-3-4;1-2-4-6-5-3-1/h1-3,9H;1-5H. The number of nitrogens with zero attached hydrogens (tertiary/aromatic N) is 1. The molecule has 0 saturated heterocycles. The lowest BCUT2D eigenvalue weighted by Gasteiger charge is -1.99. The van der Waals surface area contributed by atoms with E-state index in [1.807, 2.05) is 18.2 Å². The molecule has 2 nitrogen and oxygen atoms in total. The van der Waals surface area contributed by atoms with Gasteiger partial charge in [0, 0.05) is 24.8 Å². The van der Waals surface area contributed by atoms with E-state index in [2.05, 4.69) is 9.97 Å². The molecular weight excluding hydrogens is 205 g/mol. The Morgan fingerprint density at radius 2 is 1.73 bits per heavy atom. The number of pyridine rings is 1. The van der Waals surface area contributed by atoms with E-state index in [0.717, 1.165) is 12.3 Å². The number of rotatable bonds is 0. The number of alkyl halides is 3. The largest absolute Gasteiger partial charge is 0.417 e. The van der Waals surface area contributed by atoms with Gasteiger partial charge in [-0.15, -0.1) is 0 Å². The lowest BCUT2D eigenvalue weighted by molar-refractivity contribution is -0.137. The van der Waals surface area contributed by atoms with Crippen molar-refractivity contribution < 1.29 is 13.2 Å².